The summed E-state index contributed by atoms with van der Waals surface area (Å²) in [7, 11) is 0. The molecule has 21 heavy (non-hydrogen) atoms. The highest BCUT2D eigenvalue weighted by Gasteiger charge is 2.25. The Labute approximate surface area is 134 Å². The Morgan fingerprint density at radius 3 is 2.62 bits per heavy atom. The Bertz CT molecular complexity index is 416. The van der Waals surface area contributed by atoms with E-state index in [1.165, 1.54) is 5.56 Å². The van der Waals surface area contributed by atoms with E-state index in [1.807, 2.05) is 18.2 Å². The molecule has 2 N–H and O–H groups in total. The van der Waals surface area contributed by atoms with Crippen LogP contribution in [0.15, 0.2) is 30.3 Å². The Morgan fingerprint density at radius 1 is 1.33 bits per heavy atom. The van der Waals surface area contributed by atoms with Crippen LogP contribution in [0.3, 0.4) is 0 Å². The molecule has 4 heteroatoms. The van der Waals surface area contributed by atoms with Crippen LogP contribution >= 0.6 is 12.4 Å². The lowest BCUT2D eigenvalue weighted by Gasteiger charge is -2.27. The van der Waals surface area contributed by atoms with Crippen molar-refractivity contribution in [1.29, 1.82) is 0 Å². The average molecular weight is 311 g/mol. The van der Waals surface area contributed by atoms with Crippen LogP contribution in [0.25, 0.3) is 0 Å². The number of rotatable bonds is 5. The Kier molecular flexibility index (Phi) is 7.76. The van der Waals surface area contributed by atoms with Gasteiger partial charge in [-0.05, 0) is 37.3 Å². The Balaban J connectivity index is 0.00000220. The number of hydrogen-bond acceptors (Lipinski definition) is 2. The molecule has 1 aliphatic heterocycles. The van der Waals surface area contributed by atoms with Crippen LogP contribution in [0.1, 0.15) is 32.3 Å². The monoisotopic (exact) mass is 310 g/mol. The second-order valence-corrected chi connectivity index (χ2v) is 6.09. The molecule has 1 aromatic rings. The normalized spacial score (nSPS) is 19.7. The summed E-state index contributed by atoms with van der Waals surface area (Å²) in [6.07, 6.45) is 3.06. The first-order valence-corrected chi connectivity index (χ1v) is 7.72. The molecule has 1 aromatic carbocycles. The third-order valence-electron chi connectivity index (χ3n) is 4.08. The van der Waals surface area contributed by atoms with Crippen molar-refractivity contribution >= 4 is 18.3 Å². The van der Waals surface area contributed by atoms with Gasteiger partial charge in [-0.2, -0.15) is 0 Å². The molecule has 3 nitrogen and oxygen atoms in total. The van der Waals surface area contributed by atoms with Crippen molar-refractivity contribution in [2.24, 2.45) is 11.8 Å². The van der Waals surface area contributed by atoms with Crippen molar-refractivity contribution in [3.8, 4) is 0 Å². The summed E-state index contributed by atoms with van der Waals surface area (Å²) in [5, 5.41) is 6.56. The van der Waals surface area contributed by atoms with Gasteiger partial charge in [0.2, 0.25) is 5.91 Å². The zero-order valence-corrected chi connectivity index (χ0v) is 13.8. The van der Waals surface area contributed by atoms with Crippen LogP contribution in [0.5, 0.6) is 0 Å². The first-order valence-electron chi connectivity index (χ1n) is 7.72. The van der Waals surface area contributed by atoms with Gasteiger partial charge in [-0.25, -0.2) is 0 Å². The highest BCUT2D eigenvalue weighted by molar-refractivity contribution is 5.85. The first-order chi connectivity index (χ1) is 9.66. The summed E-state index contributed by atoms with van der Waals surface area (Å²) >= 11 is 0. The zero-order valence-electron chi connectivity index (χ0n) is 13.0. The van der Waals surface area contributed by atoms with Crippen LogP contribution in [-0.2, 0) is 11.2 Å². The van der Waals surface area contributed by atoms with Gasteiger partial charge in [-0.1, -0.05) is 44.2 Å². The van der Waals surface area contributed by atoms with E-state index in [9.17, 15) is 4.79 Å². The zero-order chi connectivity index (χ0) is 14.4. The lowest BCUT2D eigenvalue weighted by Crippen LogP contribution is -2.48. The molecule has 0 spiro atoms. The molecule has 0 aliphatic carbocycles. The lowest BCUT2D eigenvalue weighted by molar-refractivity contribution is -0.127. The molecule has 0 bridgehead atoms. The smallest absolute Gasteiger partial charge is 0.223 e. The van der Waals surface area contributed by atoms with Gasteiger partial charge in [-0.15, -0.1) is 12.4 Å². The number of carbonyl (C=O) groups is 1. The van der Waals surface area contributed by atoms with E-state index < -0.39 is 0 Å². The van der Waals surface area contributed by atoms with Gasteiger partial charge in [0.15, 0.2) is 0 Å². The molecule has 1 amide bonds. The molecular weight excluding hydrogens is 284 g/mol. The predicted molar refractivity (Wildman–Crippen MR) is 89.8 cm³/mol. The van der Waals surface area contributed by atoms with Gasteiger partial charge in [0.05, 0.1) is 0 Å². The van der Waals surface area contributed by atoms with Crippen molar-refractivity contribution < 1.29 is 4.79 Å². The van der Waals surface area contributed by atoms with Gasteiger partial charge >= 0.3 is 0 Å². The Morgan fingerprint density at radius 2 is 2.05 bits per heavy atom. The van der Waals surface area contributed by atoms with E-state index >= 15 is 0 Å². The average Bonchev–Trinajstić information content (AvgIpc) is 2.46. The molecule has 0 aromatic heterocycles. The van der Waals surface area contributed by atoms with Gasteiger partial charge in [0, 0.05) is 18.5 Å². The third-order valence-corrected chi connectivity index (χ3v) is 4.08. The van der Waals surface area contributed by atoms with E-state index in [2.05, 4.69) is 36.6 Å². The highest BCUT2D eigenvalue weighted by Crippen LogP contribution is 2.18. The number of piperidine rings is 1. The summed E-state index contributed by atoms with van der Waals surface area (Å²) in [5.74, 6) is 0.614. The summed E-state index contributed by atoms with van der Waals surface area (Å²) < 4.78 is 0. The lowest BCUT2D eigenvalue weighted by atomic mass is 9.88. The number of halogens is 1. The van der Waals surface area contributed by atoms with Gasteiger partial charge in [0.1, 0.15) is 0 Å². The maximum Gasteiger partial charge on any atom is 0.223 e. The summed E-state index contributed by atoms with van der Waals surface area (Å²) in [6, 6.07) is 10.6. The molecule has 2 atom stereocenters. The minimum Gasteiger partial charge on any atom is -0.352 e. The van der Waals surface area contributed by atoms with Gasteiger partial charge in [0.25, 0.3) is 0 Å². The molecule has 1 heterocycles. The second-order valence-electron chi connectivity index (χ2n) is 6.09. The number of hydrogen-bond donors (Lipinski definition) is 2. The minimum absolute atomic E-state index is 0. The van der Waals surface area contributed by atoms with E-state index in [4.69, 9.17) is 0 Å². The maximum absolute atomic E-state index is 12.5. The fraction of sp³-hybridized carbons (Fsp3) is 0.588. The van der Waals surface area contributed by atoms with Crippen LogP contribution in [-0.4, -0.2) is 25.0 Å². The van der Waals surface area contributed by atoms with Crippen LogP contribution < -0.4 is 10.6 Å². The molecule has 0 saturated carbocycles. The number of nitrogens with one attached hydrogen (secondary N) is 2. The SMILES string of the molecule is CC(C)C(Cc1ccccc1)C(=O)NC1CCCNC1.Cl. The first kappa shape index (κ1) is 18.0. The topological polar surface area (TPSA) is 41.1 Å². The Hall–Kier alpha value is -1.06. The fourth-order valence-electron chi connectivity index (χ4n) is 2.78. The largest absolute Gasteiger partial charge is 0.352 e. The van der Waals surface area contributed by atoms with Crippen LogP contribution in [0.2, 0.25) is 0 Å². The molecular formula is C17H27ClN2O. The second kappa shape index (κ2) is 9.06. The summed E-state index contributed by atoms with van der Waals surface area (Å²) in [4.78, 5) is 12.5. The minimum atomic E-state index is 0. The summed E-state index contributed by atoms with van der Waals surface area (Å²) in [5.41, 5.74) is 1.24. The number of amides is 1. The van der Waals surface area contributed by atoms with E-state index in [-0.39, 0.29) is 24.2 Å². The number of benzene rings is 1. The molecule has 118 valence electrons. The van der Waals surface area contributed by atoms with Crippen molar-refractivity contribution in [2.45, 2.75) is 39.2 Å². The quantitative estimate of drug-likeness (QED) is 0.878. The van der Waals surface area contributed by atoms with Crippen molar-refractivity contribution in [3.05, 3.63) is 35.9 Å². The van der Waals surface area contributed by atoms with Crippen LogP contribution in [0.4, 0.5) is 0 Å². The molecule has 2 unspecified atom stereocenters. The van der Waals surface area contributed by atoms with E-state index in [0.717, 1.165) is 32.4 Å². The predicted octanol–water partition coefficient (Wildman–Crippen LogP) is 2.79. The van der Waals surface area contributed by atoms with E-state index in [1.54, 1.807) is 0 Å². The molecule has 1 fully saturated rings. The fourth-order valence-corrected chi connectivity index (χ4v) is 2.78. The molecule has 1 aliphatic rings. The van der Waals surface area contributed by atoms with Gasteiger partial charge in [-0.3, -0.25) is 4.79 Å². The van der Waals surface area contributed by atoms with Crippen molar-refractivity contribution in [2.75, 3.05) is 13.1 Å². The number of carbonyl (C=O) groups excluding carboxylic acids is 1. The standard InChI is InChI=1S/C17H26N2O.ClH/c1-13(2)16(11-14-7-4-3-5-8-14)17(20)19-15-9-6-10-18-12-15;/h3-5,7-8,13,15-16,18H,6,9-12H2,1-2H3,(H,19,20);1H. The van der Waals surface area contributed by atoms with E-state index in [0.29, 0.717) is 12.0 Å². The van der Waals surface area contributed by atoms with Gasteiger partial charge < -0.3 is 10.6 Å². The molecule has 2 rings (SSSR count). The maximum atomic E-state index is 12.5. The third kappa shape index (κ3) is 5.68. The van der Waals surface area contributed by atoms with Crippen molar-refractivity contribution in [1.82, 2.24) is 10.6 Å². The van der Waals surface area contributed by atoms with Crippen molar-refractivity contribution in [3.63, 3.8) is 0 Å². The molecule has 1 saturated heterocycles. The molecule has 0 radical (unpaired) electrons. The highest BCUT2D eigenvalue weighted by atomic mass is 35.5. The summed E-state index contributed by atoms with van der Waals surface area (Å²) in [6.45, 7) is 6.24. The van der Waals surface area contributed by atoms with Crippen LogP contribution in [0, 0.1) is 11.8 Å².